The van der Waals surface area contributed by atoms with Crippen molar-refractivity contribution in [1.29, 1.82) is 0 Å². The smallest absolute Gasteiger partial charge is 0.243 e. The number of ether oxygens (including phenoxy) is 1. The summed E-state index contributed by atoms with van der Waals surface area (Å²) in [6.07, 6.45) is 1.88. The van der Waals surface area contributed by atoms with Gasteiger partial charge in [0.15, 0.2) is 0 Å². The number of hydrogen-bond donors (Lipinski definition) is 0. The Kier molecular flexibility index (Phi) is 3.40. The van der Waals surface area contributed by atoms with E-state index < -0.39 is 10.0 Å². The summed E-state index contributed by atoms with van der Waals surface area (Å²) < 4.78 is 31.1. The van der Waals surface area contributed by atoms with Crippen LogP contribution in [0.3, 0.4) is 0 Å². The quantitative estimate of drug-likeness (QED) is 0.826. The van der Waals surface area contributed by atoms with Gasteiger partial charge < -0.3 is 4.74 Å². The van der Waals surface area contributed by atoms with Gasteiger partial charge in [-0.1, -0.05) is 19.4 Å². The number of methoxy groups -OCH3 is 1. The van der Waals surface area contributed by atoms with Crippen LogP contribution in [0.1, 0.15) is 25.3 Å². The zero-order valence-electron chi connectivity index (χ0n) is 10.1. The third kappa shape index (κ3) is 2.17. The molecule has 0 fully saturated rings. The lowest BCUT2D eigenvalue weighted by atomic mass is 10.2. The Bertz CT molecular complexity index is 510. The molecule has 0 aliphatic carbocycles. The minimum atomic E-state index is -3.30. The molecule has 0 spiro atoms. The average molecular weight is 255 g/mol. The Morgan fingerprint density at radius 1 is 1.41 bits per heavy atom. The highest BCUT2D eigenvalue weighted by Crippen LogP contribution is 2.32. The molecule has 0 unspecified atom stereocenters. The topological polar surface area (TPSA) is 46.6 Å². The van der Waals surface area contributed by atoms with Crippen molar-refractivity contribution in [3.8, 4) is 5.75 Å². The standard InChI is InChI=1S/C12H17NO3S/c1-3-4-7-13-9-10-5-6-11(16-2)8-12(10)17(13,14)15/h5-6,8H,3-4,7,9H2,1-2H3. The highest BCUT2D eigenvalue weighted by Gasteiger charge is 2.34. The van der Waals surface area contributed by atoms with E-state index in [1.807, 2.05) is 6.07 Å². The fourth-order valence-electron chi connectivity index (χ4n) is 1.98. The van der Waals surface area contributed by atoms with Crippen LogP contribution in [0.2, 0.25) is 0 Å². The monoisotopic (exact) mass is 255 g/mol. The minimum absolute atomic E-state index is 0.396. The average Bonchev–Trinajstić information content (AvgIpc) is 2.58. The van der Waals surface area contributed by atoms with Gasteiger partial charge >= 0.3 is 0 Å². The predicted molar refractivity (Wildman–Crippen MR) is 65.5 cm³/mol. The van der Waals surface area contributed by atoms with Crippen molar-refractivity contribution in [3.05, 3.63) is 23.8 Å². The maximum Gasteiger partial charge on any atom is 0.243 e. The molecule has 17 heavy (non-hydrogen) atoms. The number of hydrogen-bond acceptors (Lipinski definition) is 3. The first-order valence-electron chi connectivity index (χ1n) is 5.76. The Morgan fingerprint density at radius 2 is 2.18 bits per heavy atom. The Hall–Kier alpha value is -1.07. The Morgan fingerprint density at radius 3 is 2.82 bits per heavy atom. The molecule has 0 aromatic heterocycles. The first-order chi connectivity index (χ1) is 8.09. The number of benzene rings is 1. The van der Waals surface area contributed by atoms with E-state index in [0.717, 1.165) is 18.4 Å². The molecular formula is C12H17NO3S. The summed E-state index contributed by atoms with van der Waals surface area (Å²) >= 11 is 0. The number of unbranched alkanes of at least 4 members (excludes halogenated alkanes) is 1. The molecule has 0 radical (unpaired) electrons. The van der Waals surface area contributed by atoms with E-state index in [1.54, 1.807) is 16.4 Å². The molecule has 2 rings (SSSR count). The molecule has 0 N–H and O–H groups in total. The van der Waals surface area contributed by atoms with Gasteiger partial charge in [-0.2, -0.15) is 4.31 Å². The number of sulfonamides is 1. The van der Waals surface area contributed by atoms with E-state index in [4.69, 9.17) is 4.74 Å². The van der Waals surface area contributed by atoms with Crippen LogP contribution in [0, 0.1) is 0 Å². The fraction of sp³-hybridized carbons (Fsp3) is 0.500. The lowest BCUT2D eigenvalue weighted by Crippen LogP contribution is -2.25. The van der Waals surface area contributed by atoms with Crippen LogP contribution in [0.25, 0.3) is 0 Å². The third-order valence-electron chi connectivity index (χ3n) is 3.00. The highest BCUT2D eigenvalue weighted by molar-refractivity contribution is 7.89. The van der Waals surface area contributed by atoms with Gasteiger partial charge in [-0.15, -0.1) is 0 Å². The molecular weight excluding hydrogens is 238 g/mol. The molecule has 0 saturated heterocycles. The van der Waals surface area contributed by atoms with E-state index in [0.29, 0.717) is 23.7 Å². The molecule has 4 nitrogen and oxygen atoms in total. The molecule has 0 bridgehead atoms. The maximum atomic E-state index is 12.2. The lowest BCUT2D eigenvalue weighted by Gasteiger charge is -2.13. The number of nitrogens with zero attached hydrogens (tertiary/aromatic N) is 1. The maximum absolute atomic E-state index is 12.2. The molecule has 1 aliphatic rings. The molecule has 0 saturated carbocycles. The number of rotatable bonds is 4. The second-order valence-corrected chi connectivity index (χ2v) is 6.07. The predicted octanol–water partition coefficient (Wildman–Crippen LogP) is 2.00. The van der Waals surface area contributed by atoms with Crippen LogP contribution in [0.5, 0.6) is 5.75 Å². The first kappa shape index (κ1) is 12.4. The van der Waals surface area contributed by atoms with Crippen LogP contribution in [0.4, 0.5) is 0 Å². The van der Waals surface area contributed by atoms with Crippen molar-refractivity contribution in [1.82, 2.24) is 4.31 Å². The summed E-state index contributed by atoms with van der Waals surface area (Å²) in [5, 5.41) is 0. The van der Waals surface area contributed by atoms with Crippen LogP contribution in [-0.2, 0) is 16.6 Å². The third-order valence-corrected chi connectivity index (χ3v) is 4.93. The van der Waals surface area contributed by atoms with Crippen molar-refractivity contribution < 1.29 is 13.2 Å². The van der Waals surface area contributed by atoms with E-state index in [1.165, 1.54) is 7.11 Å². The second-order valence-electron chi connectivity index (χ2n) is 4.17. The molecule has 94 valence electrons. The normalized spacial score (nSPS) is 18.0. The van der Waals surface area contributed by atoms with Crippen molar-refractivity contribution >= 4 is 10.0 Å². The molecule has 5 heteroatoms. The van der Waals surface area contributed by atoms with Gasteiger partial charge in [-0.3, -0.25) is 0 Å². The minimum Gasteiger partial charge on any atom is -0.497 e. The van der Waals surface area contributed by atoms with Gasteiger partial charge in [-0.05, 0) is 18.1 Å². The van der Waals surface area contributed by atoms with Crippen molar-refractivity contribution in [2.45, 2.75) is 31.2 Å². The Labute approximate surface area is 102 Å². The molecule has 0 atom stereocenters. The van der Waals surface area contributed by atoms with Crippen LogP contribution in [-0.4, -0.2) is 26.4 Å². The van der Waals surface area contributed by atoms with E-state index in [-0.39, 0.29) is 0 Å². The van der Waals surface area contributed by atoms with Crippen LogP contribution < -0.4 is 4.74 Å². The van der Waals surface area contributed by atoms with Gasteiger partial charge in [0, 0.05) is 19.2 Å². The van der Waals surface area contributed by atoms with E-state index >= 15 is 0 Å². The van der Waals surface area contributed by atoms with Gasteiger partial charge in [0.25, 0.3) is 0 Å². The molecule has 1 aromatic rings. The zero-order valence-corrected chi connectivity index (χ0v) is 11.0. The molecule has 1 aromatic carbocycles. The van der Waals surface area contributed by atoms with Gasteiger partial charge in [0.2, 0.25) is 10.0 Å². The van der Waals surface area contributed by atoms with E-state index in [2.05, 4.69) is 6.92 Å². The fourth-order valence-corrected chi connectivity index (χ4v) is 3.67. The molecule has 0 amide bonds. The first-order valence-corrected chi connectivity index (χ1v) is 7.20. The van der Waals surface area contributed by atoms with Crippen molar-refractivity contribution in [2.75, 3.05) is 13.7 Å². The summed E-state index contributed by atoms with van der Waals surface area (Å²) in [4.78, 5) is 0.396. The van der Waals surface area contributed by atoms with E-state index in [9.17, 15) is 8.42 Å². The van der Waals surface area contributed by atoms with Crippen molar-refractivity contribution in [3.63, 3.8) is 0 Å². The SMILES string of the molecule is CCCCN1Cc2ccc(OC)cc2S1(=O)=O. The second kappa shape index (κ2) is 4.66. The molecule has 1 heterocycles. The summed E-state index contributed by atoms with van der Waals surface area (Å²) in [5.41, 5.74) is 0.863. The largest absolute Gasteiger partial charge is 0.497 e. The lowest BCUT2D eigenvalue weighted by molar-refractivity contribution is 0.413. The highest BCUT2D eigenvalue weighted by atomic mass is 32.2. The van der Waals surface area contributed by atoms with Crippen LogP contribution in [0.15, 0.2) is 23.1 Å². The number of fused-ring (bicyclic) bond motifs is 1. The Balaban J connectivity index is 2.34. The van der Waals surface area contributed by atoms with Crippen molar-refractivity contribution in [2.24, 2.45) is 0 Å². The van der Waals surface area contributed by atoms with Gasteiger partial charge in [0.1, 0.15) is 5.75 Å². The summed E-state index contributed by atoms with van der Waals surface area (Å²) in [7, 11) is -1.76. The summed E-state index contributed by atoms with van der Waals surface area (Å²) in [6.45, 7) is 3.14. The summed E-state index contributed by atoms with van der Waals surface area (Å²) in [6, 6.07) is 5.24. The van der Waals surface area contributed by atoms with Crippen LogP contribution >= 0.6 is 0 Å². The van der Waals surface area contributed by atoms with Gasteiger partial charge in [0.05, 0.1) is 12.0 Å². The van der Waals surface area contributed by atoms with Gasteiger partial charge in [-0.25, -0.2) is 8.42 Å². The molecule has 1 aliphatic heterocycles. The zero-order chi connectivity index (χ0) is 12.5. The summed E-state index contributed by atoms with van der Waals surface area (Å²) in [5.74, 6) is 0.588.